The molecule has 0 bridgehead atoms. The Morgan fingerprint density at radius 2 is 1.42 bits per heavy atom. The molecule has 1 aliphatic heterocycles. The zero-order valence-electron chi connectivity index (χ0n) is 25.4. The summed E-state index contributed by atoms with van der Waals surface area (Å²) in [6.07, 6.45) is -4.53. The highest BCUT2D eigenvalue weighted by molar-refractivity contribution is 6.40. The Balaban J connectivity index is 1.57. The highest BCUT2D eigenvalue weighted by Crippen LogP contribution is 2.37. The average Bonchev–Trinajstić information content (AvgIpc) is 2.95. The SMILES string of the molecule is Bc1ccc(NC(=O)c2ccc(NC(=O)c3c(Cl)cc(CNC(=O)C(C)(C)C)cc3Cl)cc2N2CCC(C(F)(F)F)CC2)cc1. The third-order valence-electron chi connectivity index (χ3n) is 7.57. The molecule has 3 N–H and O–H groups in total. The van der Waals surface area contributed by atoms with Crippen molar-refractivity contribution in [2.24, 2.45) is 11.3 Å². The van der Waals surface area contributed by atoms with Crippen molar-refractivity contribution in [3.05, 3.63) is 81.3 Å². The molecule has 3 amide bonds. The van der Waals surface area contributed by atoms with Crippen molar-refractivity contribution in [3.8, 4) is 0 Å². The fourth-order valence-corrected chi connectivity index (χ4v) is 5.64. The number of hydrogen-bond donors (Lipinski definition) is 3. The van der Waals surface area contributed by atoms with Crippen LogP contribution < -0.4 is 26.3 Å². The van der Waals surface area contributed by atoms with E-state index in [4.69, 9.17) is 23.2 Å². The van der Waals surface area contributed by atoms with Crippen LogP contribution in [0.4, 0.5) is 30.2 Å². The van der Waals surface area contributed by atoms with Crippen LogP contribution in [0.25, 0.3) is 0 Å². The Morgan fingerprint density at radius 1 is 0.867 bits per heavy atom. The molecule has 13 heteroatoms. The number of halogens is 5. The molecular weight excluding hydrogens is 627 g/mol. The smallest absolute Gasteiger partial charge is 0.371 e. The number of piperidine rings is 1. The first-order chi connectivity index (χ1) is 21.0. The zero-order valence-corrected chi connectivity index (χ0v) is 26.9. The van der Waals surface area contributed by atoms with Crippen LogP contribution in [0, 0.1) is 11.3 Å². The van der Waals surface area contributed by atoms with Crippen LogP contribution in [0.5, 0.6) is 0 Å². The summed E-state index contributed by atoms with van der Waals surface area (Å²) in [5.74, 6) is -2.64. The highest BCUT2D eigenvalue weighted by Gasteiger charge is 2.41. The maximum atomic E-state index is 13.4. The van der Waals surface area contributed by atoms with Crippen LogP contribution in [0.1, 0.15) is 59.9 Å². The molecule has 1 fully saturated rings. The predicted molar refractivity (Wildman–Crippen MR) is 176 cm³/mol. The molecule has 3 aromatic rings. The van der Waals surface area contributed by atoms with Crippen molar-refractivity contribution in [1.29, 1.82) is 0 Å². The van der Waals surface area contributed by atoms with Crippen molar-refractivity contribution < 1.29 is 27.6 Å². The van der Waals surface area contributed by atoms with Crippen molar-refractivity contribution >= 4 is 71.3 Å². The van der Waals surface area contributed by atoms with Gasteiger partial charge in [-0.25, -0.2) is 0 Å². The number of alkyl halides is 3. The number of carbonyl (C=O) groups excluding carboxylic acids is 3. The predicted octanol–water partition coefficient (Wildman–Crippen LogP) is 6.20. The summed E-state index contributed by atoms with van der Waals surface area (Å²) in [6, 6.07) is 14.9. The Bertz CT molecular complexity index is 1560. The van der Waals surface area contributed by atoms with Crippen LogP contribution >= 0.6 is 23.2 Å². The van der Waals surface area contributed by atoms with E-state index in [0.29, 0.717) is 22.6 Å². The summed E-state index contributed by atoms with van der Waals surface area (Å²) in [4.78, 5) is 40.6. The van der Waals surface area contributed by atoms with Crippen molar-refractivity contribution in [2.45, 2.75) is 46.3 Å². The maximum absolute atomic E-state index is 13.4. The second-order valence-corrected chi connectivity index (χ2v) is 13.0. The topological polar surface area (TPSA) is 90.5 Å². The standard InChI is InChI=1S/C32H34BCl2F3N4O3/c1-31(2,3)30(45)39-17-18-14-24(34)27(25(35)15-18)29(44)41-22-8-9-23(28(43)40-21-6-4-20(33)5-7-21)26(16-22)42-12-10-19(11-13-42)32(36,37)38/h4-9,14-16,19H,10-13,17,33H2,1-3H3,(H,39,45)(H,40,43)(H,41,44). The number of rotatable bonds is 7. The molecule has 0 aromatic heterocycles. The summed E-state index contributed by atoms with van der Waals surface area (Å²) in [6.45, 7) is 5.69. The van der Waals surface area contributed by atoms with Gasteiger partial charge in [-0.15, -0.1) is 0 Å². The fourth-order valence-electron chi connectivity index (χ4n) is 4.93. The average molecular weight is 661 g/mol. The molecule has 0 atom stereocenters. The van der Waals surface area contributed by atoms with Gasteiger partial charge in [0.15, 0.2) is 0 Å². The van der Waals surface area contributed by atoms with E-state index in [2.05, 4.69) is 16.0 Å². The van der Waals surface area contributed by atoms with E-state index >= 15 is 0 Å². The van der Waals surface area contributed by atoms with Gasteiger partial charge in [0.25, 0.3) is 11.8 Å². The first-order valence-electron chi connectivity index (χ1n) is 14.4. The number of anilines is 3. The lowest BCUT2D eigenvalue weighted by molar-refractivity contribution is -0.179. The Hall–Kier alpha value is -3.70. The van der Waals surface area contributed by atoms with Gasteiger partial charge in [-0.2, -0.15) is 13.2 Å². The number of nitrogens with one attached hydrogen (secondary N) is 3. The quantitative estimate of drug-likeness (QED) is 0.264. The van der Waals surface area contributed by atoms with Crippen LogP contribution in [0.15, 0.2) is 54.6 Å². The molecule has 1 saturated heterocycles. The third-order valence-corrected chi connectivity index (χ3v) is 8.17. The van der Waals surface area contributed by atoms with Crippen LogP contribution in [-0.4, -0.2) is 44.8 Å². The van der Waals surface area contributed by atoms with Crippen molar-refractivity contribution in [2.75, 3.05) is 28.6 Å². The highest BCUT2D eigenvalue weighted by atomic mass is 35.5. The fraction of sp³-hybridized carbons (Fsp3) is 0.344. The molecule has 7 nitrogen and oxygen atoms in total. The first kappa shape index (κ1) is 34.2. The molecule has 1 heterocycles. The molecule has 0 spiro atoms. The number of benzene rings is 3. The molecule has 4 rings (SSSR count). The van der Waals surface area contributed by atoms with Crippen molar-refractivity contribution in [1.82, 2.24) is 5.32 Å². The Morgan fingerprint density at radius 3 is 1.98 bits per heavy atom. The minimum absolute atomic E-state index is 0.0120. The number of carbonyl (C=O) groups is 3. The summed E-state index contributed by atoms with van der Waals surface area (Å²) in [5, 5.41) is 8.53. The maximum Gasteiger partial charge on any atom is 0.391 e. The van der Waals surface area contributed by atoms with E-state index in [0.717, 1.165) is 5.46 Å². The minimum atomic E-state index is -4.29. The Labute approximate surface area is 271 Å². The van der Waals surface area contributed by atoms with Gasteiger partial charge in [-0.1, -0.05) is 61.6 Å². The van der Waals surface area contributed by atoms with Gasteiger partial charge < -0.3 is 20.9 Å². The van der Waals surface area contributed by atoms with Crippen LogP contribution in [0.3, 0.4) is 0 Å². The van der Waals surface area contributed by atoms with Gasteiger partial charge in [-0.3, -0.25) is 14.4 Å². The number of amides is 3. The lowest BCUT2D eigenvalue weighted by Gasteiger charge is -2.35. The molecule has 238 valence electrons. The summed E-state index contributed by atoms with van der Waals surface area (Å²) in [5.41, 5.74) is 2.55. The largest absolute Gasteiger partial charge is 0.391 e. The molecular formula is C32H34BCl2F3N4O3. The summed E-state index contributed by atoms with van der Waals surface area (Å²) in [7, 11) is 1.92. The molecule has 3 aromatic carbocycles. The third kappa shape index (κ3) is 8.73. The second kappa shape index (κ2) is 13.7. The molecule has 0 radical (unpaired) electrons. The van der Waals surface area contributed by atoms with E-state index in [1.165, 1.54) is 12.1 Å². The molecule has 0 saturated carbocycles. The normalized spacial score (nSPS) is 14.2. The van der Waals surface area contributed by atoms with E-state index < -0.39 is 29.3 Å². The molecule has 0 unspecified atom stereocenters. The van der Waals surface area contributed by atoms with Crippen LogP contribution in [0.2, 0.25) is 10.0 Å². The van der Waals surface area contributed by atoms with Crippen molar-refractivity contribution in [3.63, 3.8) is 0 Å². The van der Waals surface area contributed by atoms with Gasteiger partial charge in [0.05, 0.1) is 32.8 Å². The van der Waals surface area contributed by atoms with E-state index in [1.54, 1.807) is 56.0 Å². The summed E-state index contributed by atoms with van der Waals surface area (Å²) < 4.78 is 40.1. The van der Waals surface area contributed by atoms with E-state index in [9.17, 15) is 27.6 Å². The van der Waals surface area contributed by atoms with Gasteiger partial charge in [0.2, 0.25) is 5.91 Å². The van der Waals surface area contributed by atoms with E-state index in [-0.39, 0.29) is 59.6 Å². The zero-order chi connectivity index (χ0) is 33.1. The van der Waals surface area contributed by atoms with Crippen LogP contribution in [-0.2, 0) is 11.3 Å². The molecule has 1 aliphatic rings. The van der Waals surface area contributed by atoms with Gasteiger partial charge >= 0.3 is 6.18 Å². The number of nitrogens with zero attached hydrogens (tertiary/aromatic N) is 1. The first-order valence-corrected chi connectivity index (χ1v) is 15.2. The lowest BCUT2D eigenvalue weighted by atomic mass is 9.95. The summed E-state index contributed by atoms with van der Waals surface area (Å²) >= 11 is 12.9. The molecule has 0 aliphatic carbocycles. The van der Waals surface area contributed by atoms with Gasteiger partial charge in [-0.05, 0) is 60.9 Å². The minimum Gasteiger partial charge on any atom is -0.371 e. The van der Waals surface area contributed by atoms with Gasteiger partial charge in [0.1, 0.15) is 7.85 Å². The lowest BCUT2D eigenvalue weighted by Crippen LogP contribution is -2.39. The second-order valence-electron chi connectivity index (χ2n) is 12.2. The number of hydrogen-bond acceptors (Lipinski definition) is 4. The monoisotopic (exact) mass is 660 g/mol. The van der Waals surface area contributed by atoms with Gasteiger partial charge in [0, 0.05) is 36.4 Å². The molecule has 45 heavy (non-hydrogen) atoms. The Kier molecular flexibility index (Phi) is 10.4. The van der Waals surface area contributed by atoms with E-state index in [1.807, 2.05) is 20.0 Å².